The summed E-state index contributed by atoms with van der Waals surface area (Å²) in [6.07, 6.45) is 1.10. The van der Waals surface area contributed by atoms with Gasteiger partial charge in [0, 0.05) is 19.3 Å². The van der Waals surface area contributed by atoms with Crippen LogP contribution < -0.4 is 10.6 Å². The van der Waals surface area contributed by atoms with E-state index in [4.69, 9.17) is 5.73 Å². The van der Waals surface area contributed by atoms with Gasteiger partial charge in [0.25, 0.3) is 0 Å². The number of esters is 1. The number of methoxy groups -OCH3 is 1. The van der Waals surface area contributed by atoms with Gasteiger partial charge in [-0.1, -0.05) is 13.8 Å². The zero-order chi connectivity index (χ0) is 16.4. The van der Waals surface area contributed by atoms with Gasteiger partial charge in [0.15, 0.2) is 9.84 Å². The first-order valence-corrected chi connectivity index (χ1v) is 9.29. The highest BCUT2D eigenvalue weighted by molar-refractivity contribution is 7.91. The Balaban J connectivity index is 3.52. The fraction of sp³-hybridized carbons (Fsp3) is 0.615. The van der Waals surface area contributed by atoms with Crippen molar-refractivity contribution in [1.82, 2.24) is 0 Å². The molecule has 21 heavy (non-hydrogen) atoms. The summed E-state index contributed by atoms with van der Waals surface area (Å²) in [7, 11) is -2.30. The van der Waals surface area contributed by atoms with Crippen molar-refractivity contribution in [2.45, 2.75) is 25.7 Å². The number of carbonyl (C=O) groups is 1. The second-order valence-electron chi connectivity index (χ2n) is 5.18. The topological polar surface area (TPSA) is 89.7 Å². The molecule has 1 rings (SSSR count). The minimum Gasteiger partial charge on any atom is -0.465 e. The van der Waals surface area contributed by atoms with Crippen molar-refractivity contribution in [2.24, 2.45) is 5.92 Å². The minimum atomic E-state index is -3.54. The second kappa shape index (κ2) is 6.65. The fourth-order valence-corrected chi connectivity index (χ4v) is 4.72. The Labute approximate surface area is 129 Å². The van der Waals surface area contributed by atoms with Crippen LogP contribution in [-0.2, 0) is 14.6 Å². The molecule has 0 aliphatic heterocycles. The number of thiophene rings is 1. The van der Waals surface area contributed by atoms with Crippen molar-refractivity contribution < 1.29 is 17.9 Å². The lowest BCUT2D eigenvalue weighted by Crippen LogP contribution is -2.27. The molecule has 0 aliphatic rings. The third kappa shape index (κ3) is 3.88. The van der Waals surface area contributed by atoms with Gasteiger partial charge < -0.3 is 15.4 Å². The molecule has 1 aromatic heterocycles. The average Bonchev–Trinajstić information content (AvgIpc) is 2.72. The quantitative estimate of drug-likeness (QED) is 0.800. The fourth-order valence-electron chi connectivity index (χ4n) is 2.02. The molecule has 0 fully saturated rings. The number of rotatable bonds is 6. The van der Waals surface area contributed by atoms with Crippen LogP contribution in [0.3, 0.4) is 0 Å². The monoisotopic (exact) mass is 334 g/mol. The van der Waals surface area contributed by atoms with Gasteiger partial charge in [0.05, 0.1) is 12.8 Å². The first-order valence-electron chi connectivity index (χ1n) is 6.59. The molecule has 0 spiro atoms. The minimum absolute atomic E-state index is 0.0217. The summed E-state index contributed by atoms with van der Waals surface area (Å²) in [5.74, 6) is -0.267. The summed E-state index contributed by atoms with van der Waals surface area (Å²) in [5.41, 5.74) is 5.87. The Morgan fingerprint density at radius 1 is 1.43 bits per heavy atom. The van der Waals surface area contributed by atoms with Crippen LogP contribution in [0.2, 0.25) is 0 Å². The number of hydrogen-bond donors (Lipinski definition) is 1. The lowest BCUT2D eigenvalue weighted by molar-refractivity contribution is 0.0607. The van der Waals surface area contributed by atoms with Gasteiger partial charge in [-0.2, -0.15) is 0 Å². The number of sulfone groups is 1. The van der Waals surface area contributed by atoms with Crippen LogP contribution in [0.5, 0.6) is 0 Å². The maximum absolute atomic E-state index is 12.1. The van der Waals surface area contributed by atoms with Crippen molar-refractivity contribution in [1.29, 1.82) is 0 Å². The summed E-state index contributed by atoms with van der Waals surface area (Å²) in [6.45, 7) is 7.32. The van der Waals surface area contributed by atoms with E-state index >= 15 is 0 Å². The number of hydrogen-bond acceptors (Lipinski definition) is 7. The van der Waals surface area contributed by atoms with E-state index < -0.39 is 15.8 Å². The molecular weight excluding hydrogens is 312 g/mol. The number of nitrogen functional groups attached to an aromatic ring is 1. The van der Waals surface area contributed by atoms with Gasteiger partial charge in [-0.05, 0) is 12.8 Å². The van der Waals surface area contributed by atoms with E-state index in [1.54, 1.807) is 0 Å². The molecule has 0 unspecified atom stereocenters. The van der Waals surface area contributed by atoms with Crippen molar-refractivity contribution in [3.8, 4) is 0 Å². The van der Waals surface area contributed by atoms with Crippen LogP contribution in [0.15, 0.2) is 4.90 Å². The average molecular weight is 334 g/mol. The Bertz CT molecular complexity index is 620. The first-order chi connectivity index (χ1) is 9.63. The Kier molecular flexibility index (Phi) is 5.63. The molecule has 0 aromatic carbocycles. The molecule has 1 aromatic rings. The van der Waals surface area contributed by atoms with Crippen molar-refractivity contribution in [3.63, 3.8) is 0 Å². The van der Waals surface area contributed by atoms with Crippen LogP contribution in [0.25, 0.3) is 0 Å². The van der Waals surface area contributed by atoms with Crippen LogP contribution in [0.1, 0.15) is 30.4 Å². The van der Waals surface area contributed by atoms with Crippen molar-refractivity contribution >= 4 is 37.8 Å². The van der Waals surface area contributed by atoms with Crippen LogP contribution in [0, 0.1) is 5.92 Å². The van der Waals surface area contributed by atoms with Gasteiger partial charge in [0.1, 0.15) is 14.8 Å². The second-order valence-corrected chi connectivity index (χ2v) is 8.13. The molecule has 0 saturated carbocycles. The van der Waals surface area contributed by atoms with Crippen LogP contribution in [-0.4, -0.2) is 40.8 Å². The number of nitrogens with zero attached hydrogens (tertiary/aromatic N) is 1. The lowest BCUT2D eigenvalue weighted by atomic mass is 10.2. The maximum Gasteiger partial charge on any atom is 0.350 e. The highest BCUT2D eigenvalue weighted by atomic mass is 32.2. The Morgan fingerprint density at radius 2 is 2.00 bits per heavy atom. The number of carbonyl (C=O) groups excluding carboxylic acids is 1. The third-order valence-corrected chi connectivity index (χ3v) is 5.41. The summed E-state index contributed by atoms with van der Waals surface area (Å²) in [6, 6.07) is 0. The summed E-state index contributed by atoms with van der Waals surface area (Å²) in [4.78, 5) is 13.8. The van der Waals surface area contributed by atoms with Crippen LogP contribution >= 0.6 is 11.3 Å². The van der Waals surface area contributed by atoms with E-state index in [1.165, 1.54) is 7.11 Å². The van der Waals surface area contributed by atoms with Crippen molar-refractivity contribution in [3.05, 3.63) is 4.88 Å². The highest BCUT2D eigenvalue weighted by Crippen LogP contribution is 2.42. The molecule has 120 valence electrons. The molecule has 0 aliphatic carbocycles. The zero-order valence-electron chi connectivity index (χ0n) is 13.0. The molecule has 0 saturated heterocycles. The highest BCUT2D eigenvalue weighted by Gasteiger charge is 2.30. The van der Waals surface area contributed by atoms with Crippen LogP contribution in [0.4, 0.5) is 10.7 Å². The normalized spacial score (nSPS) is 11.7. The molecule has 0 radical (unpaired) electrons. The summed E-state index contributed by atoms with van der Waals surface area (Å²) in [5, 5.41) is 0.506. The zero-order valence-corrected chi connectivity index (χ0v) is 14.6. The third-order valence-electron chi connectivity index (χ3n) is 2.88. The molecular formula is C13H22N2O4S2. The summed E-state index contributed by atoms with van der Waals surface area (Å²) >= 11 is 1.07. The summed E-state index contributed by atoms with van der Waals surface area (Å²) < 4.78 is 28.8. The lowest BCUT2D eigenvalue weighted by Gasteiger charge is -2.24. The Hall–Kier alpha value is -1.28. The van der Waals surface area contributed by atoms with E-state index in [1.807, 2.05) is 25.7 Å². The molecule has 0 bridgehead atoms. The number of anilines is 2. The van der Waals surface area contributed by atoms with E-state index in [-0.39, 0.29) is 15.5 Å². The molecule has 0 atom stereocenters. The predicted octanol–water partition coefficient (Wildman–Crippen LogP) is 2.00. The van der Waals surface area contributed by atoms with Crippen molar-refractivity contribution in [2.75, 3.05) is 37.1 Å². The van der Waals surface area contributed by atoms with Gasteiger partial charge in [0.2, 0.25) is 0 Å². The Morgan fingerprint density at radius 3 is 2.38 bits per heavy atom. The SMILES string of the molecule is CCN(CC(C)C)c1sc(C(=O)OC)c(N)c1S(C)(=O)=O. The van der Waals surface area contributed by atoms with Gasteiger partial charge in [-0.3, -0.25) is 0 Å². The molecule has 6 nitrogen and oxygen atoms in total. The molecule has 2 N–H and O–H groups in total. The largest absolute Gasteiger partial charge is 0.465 e. The molecule has 1 heterocycles. The molecule has 8 heteroatoms. The first kappa shape index (κ1) is 17.8. The number of ether oxygens (including phenoxy) is 1. The van der Waals surface area contributed by atoms with Gasteiger partial charge in [-0.15, -0.1) is 11.3 Å². The predicted molar refractivity (Wildman–Crippen MR) is 85.9 cm³/mol. The van der Waals surface area contributed by atoms with E-state index in [2.05, 4.69) is 4.74 Å². The van der Waals surface area contributed by atoms with E-state index in [9.17, 15) is 13.2 Å². The standard InChI is InChI=1S/C13H22N2O4S2/c1-6-15(7-8(2)3)12-11(21(5,17)18)9(14)10(20-12)13(16)19-4/h8H,6-7,14H2,1-5H3. The van der Waals surface area contributed by atoms with Gasteiger partial charge >= 0.3 is 5.97 Å². The maximum atomic E-state index is 12.1. The van der Waals surface area contributed by atoms with Gasteiger partial charge in [-0.25, -0.2) is 13.2 Å². The number of nitrogens with two attached hydrogens (primary N) is 1. The molecule has 0 amide bonds. The van der Waals surface area contributed by atoms with E-state index in [0.29, 0.717) is 24.0 Å². The smallest absolute Gasteiger partial charge is 0.350 e. The van der Waals surface area contributed by atoms with E-state index in [0.717, 1.165) is 17.6 Å².